The number of benzene rings is 1. The summed E-state index contributed by atoms with van der Waals surface area (Å²) in [6.07, 6.45) is 5.17. The highest BCUT2D eigenvalue weighted by atomic mass is 16.6. The van der Waals surface area contributed by atoms with Gasteiger partial charge >= 0.3 is 0 Å². The zero-order valence-electron chi connectivity index (χ0n) is 21.2. The Labute approximate surface area is 207 Å². The molecular formula is C27H36N6O2. The van der Waals surface area contributed by atoms with Crippen molar-refractivity contribution in [2.24, 2.45) is 5.16 Å². The Balaban J connectivity index is 1.32. The SMILES string of the molecule is C/C(CCN1CCCc2nc(C)c(C)cc21)=N\O[C@@H](C)c1cn([C@H](CO)Cc2ccccc2)nn1. The van der Waals surface area contributed by atoms with E-state index in [0.717, 1.165) is 49.3 Å². The normalized spacial score (nSPS) is 15.6. The highest BCUT2D eigenvalue weighted by Crippen LogP contribution is 2.28. The minimum atomic E-state index is -0.333. The smallest absolute Gasteiger partial charge is 0.169 e. The van der Waals surface area contributed by atoms with E-state index in [2.05, 4.69) is 40.3 Å². The van der Waals surface area contributed by atoms with E-state index in [1.54, 1.807) is 4.68 Å². The summed E-state index contributed by atoms with van der Waals surface area (Å²) in [5.74, 6) is 0. The van der Waals surface area contributed by atoms with E-state index < -0.39 is 0 Å². The van der Waals surface area contributed by atoms with Gasteiger partial charge in [0, 0.05) is 25.2 Å². The Kier molecular flexibility index (Phi) is 8.13. The van der Waals surface area contributed by atoms with Crippen LogP contribution in [0, 0.1) is 13.8 Å². The molecule has 1 aliphatic heterocycles. The van der Waals surface area contributed by atoms with Gasteiger partial charge in [0.1, 0.15) is 5.69 Å². The number of aryl methyl sites for hydroxylation is 3. The molecule has 2 atom stereocenters. The van der Waals surface area contributed by atoms with E-state index in [1.807, 2.05) is 50.4 Å². The molecular weight excluding hydrogens is 440 g/mol. The van der Waals surface area contributed by atoms with Crippen molar-refractivity contribution in [2.45, 2.75) is 65.5 Å². The van der Waals surface area contributed by atoms with Crippen molar-refractivity contribution < 1.29 is 9.94 Å². The fraction of sp³-hybridized carbons (Fsp3) is 0.481. The molecule has 4 rings (SSSR count). The van der Waals surface area contributed by atoms with Crippen molar-refractivity contribution in [1.29, 1.82) is 0 Å². The largest absolute Gasteiger partial charge is 0.394 e. The first kappa shape index (κ1) is 24.9. The number of rotatable bonds is 10. The fourth-order valence-corrected chi connectivity index (χ4v) is 4.34. The van der Waals surface area contributed by atoms with Crippen LogP contribution in [0.25, 0.3) is 0 Å². The van der Waals surface area contributed by atoms with Crippen molar-refractivity contribution >= 4 is 11.4 Å². The molecule has 8 nitrogen and oxygen atoms in total. The van der Waals surface area contributed by atoms with Gasteiger partial charge in [0.15, 0.2) is 6.10 Å². The van der Waals surface area contributed by atoms with Gasteiger partial charge in [-0.1, -0.05) is 40.7 Å². The number of pyridine rings is 1. The Morgan fingerprint density at radius 2 is 2.03 bits per heavy atom. The summed E-state index contributed by atoms with van der Waals surface area (Å²) in [7, 11) is 0. The standard InChI is InChI=1S/C27H36N6O2/c1-19-15-27-25(28-21(19)3)11-8-13-32(27)14-12-20(2)30-35-22(4)26-17-33(31-29-26)24(18-34)16-23-9-6-5-7-10-23/h5-7,9-10,15,17,22,24,34H,8,11-14,16,18H2,1-4H3/b30-20+/t22-,24-/m0/s1. The molecule has 3 heterocycles. The van der Waals surface area contributed by atoms with Gasteiger partial charge in [-0.25, -0.2) is 4.68 Å². The lowest BCUT2D eigenvalue weighted by Gasteiger charge is -2.31. The molecule has 0 fully saturated rings. The van der Waals surface area contributed by atoms with Gasteiger partial charge in [-0.15, -0.1) is 5.10 Å². The zero-order valence-corrected chi connectivity index (χ0v) is 21.2. The van der Waals surface area contributed by atoms with Crippen LogP contribution in [0.5, 0.6) is 0 Å². The second kappa shape index (κ2) is 11.4. The number of nitrogens with zero attached hydrogens (tertiary/aromatic N) is 6. The number of hydrogen-bond donors (Lipinski definition) is 1. The van der Waals surface area contributed by atoms with E-state index in [-0.39, 0.29) is 18.8 Å². The molecule has 1 N–H and O–H groups in total. The Bertz CT molecular complexity index is 1140. The average Bonchev–Trinajstić information content (AvgIpc) is 3.36. The Morgan fingerprint density at radius 1 is 1.23 bits per heavy atom. The number of hydrogen-bond acceptors (Lipinski definition) is 7. The van der Waals surface area contributed by atoms with Gasteiger partial charge in [-0.2, -0.15) is 0 Å². The highest BCUT2D eigenvalue weighted by molar-refractivity contribution is 5.82. The summed E-state index contributed by atoms with van der Waals surface area (Å²) in [5.41, 5.74) is 7.58. The van der Waals surface area contributed by atoms with Crippen LogP contribution >= 0.6 is 0 Å². The first-order valence-electron chi connectivity index (χ1n) is 12.4. The van der Waals surface area contributed by atoms with Crippen LogP contribution in [0.2, 0.25) is 0 Å². The maximum Gasteiger partial charge on any atom is 0.169 e. The number of aromatic nitrogens is 4. The summed E-state index contributed by atoms with van der Waals surface area (Å²) in [6, 6.07) is 12.2. The second-order valence-corrected chi connectivity index (χ2v) is 9.42. The monoisotopic (exact) mass is 476 g/mol. The van der Waals surface area contributed by atoms with E-state index in [4.69, 9.17) is 9.82 Å². The number of aliphatic hydroxyl groups is 1. The summed E-state index contributed by atoms with van der Waals surface area (Å²) in [6.45, 7) is 10.0. The molecule has 0 amide bonds. The maximum absolute atomic E-state index is 9.87. The molecule has 1 aliphatic rings. The highest BCUT2D eigenvalue weighted by Gasteiger charge is 2.20. The molecule has 35 heavy (non-hydrogen) atoms. The van der Waals surface area contributed by atoms with Crippen LogP contribution in [0.3, 0.4) is 0 Å². The number of oxime groups is 1. The Morgan fingerprint density at radius 3 is 2.80 bits per heavy atom. The second-order valence-electron chi connectivity index (χ2n) is 9.42. The van der Waals surface area contributed by atoms with Crippen molar-refractivity contribution in [3.05, 3.63) is 70.8 Å². The average molecular weight is 477 g/mol. The summed E-state index contributed by atoms with van der Waals surface area (Å²) in [5, 5.41) is 22.7. The van der Waals surface area contributed by atoms with E-state index >= 15 is 0 Å². The first-order valence-corrected chi connectivity index (χ1v) is 12.4. The third kappa shape index (κ3) is 6.25. The molecule has 0 bridgehead atoms. The Hall–Kier alpha value is -3.26. The first-order chi connectivity index (χ1) is 16.9. The summed E-state index contributed by atoms with van der Waals surface area (Å²) in [4.78, 5) is 13.0. The van der Waals surface area contributed by atoms with Crippen molar-refractivity contribution in [3.8, 4) is 0 Å². The molecule has 0 saturated carbocycles. The minimum absolute atomic E-state index is 0.0154. The maximum atomic E-state index is 9.87. The molecule has 8 heteroatoms. The molecule has 0 unspecified atom stereocenters. The fourth-order valence-electron chi connectivity index (χ4n) is 4.34. The third-order valence-corrected chi connectivity index (χ3v) is 6.66. The van der Waals surface area contributed by atoms with Gasteiger partial charge in [0.05, 0.1) is 35.9 Å². The van der Waals surface area contributed by atoms with Crippen LogP contribution in [-0.2, 0) is 17.7 Å². The lowest BCUT2D eigenvalue weighted by molar-refractivity contribution is 0.0685. The molecule has 3 aromatic rings. The van der Waals surface area contributed by atoms with Crippen LogP contribution < -0.4 is 4.90 Å². The van der Waals surface area contributed by atoms with E-state index in [0.29, 0.717) is 12.1 Å². The van der Waals surface area contributed by atoms with Crippen LogP contribution in [0.15, 0.2) is 47.8 Å². The molecule has 1 aromatic carbocycles. The number of anilines is 1. The van der Waals surface area contributed by atoms with Gasteiger partial charge in [-0.3, -0.25) is 4.98 Å². The summed E-state index contributed by atoms with van der Waals surface area (Å²) >= 11 is 0. The van der Waals surface area contributed by atoms with Gasteiger partial charge < -0.3 is 14.8 Å². The number of aliphatic hydroxyl groups excluding tert-OH is 1. The quantitative estimate of drug-likeness (QED) is 0.345. The van der Waals surface area contributed by atoms with Crippen LogP contribution in [-0.4, -0.2) is 50.5 Å². The predicted octanol–water partition coefficient (Wildman–Crippen LogP) is 4.36. The summed E-state index contributed by atoms with van der Waals surface area (Å²) < 4.78 is 1.71. The van der Waals surface area contributed by atoms with E-state index in [9.17, 15) is 5.11 Å². The third-order valence-electron chi connectivity index (χ3n) is 6.66. The van der Waals surface area contributed by atoms with Crippen LogP contribution in [0.1, 0.15) is 67.0 Å². The molecule has 0 radical (unpaired) electrons. The lowest BCUT2D eigenvalue weighted by atomic mass is 10.0. The van der Waals surface area contributed by atoms with Gasteiger partial charge in [0.2, 0.25) is 0 Å². The van der Waals surface area contributed by atoms with Crippen molar-refractivity contribution in [1.82, 2.24) is 20.0 Å². The topological polar surface area (TPSA) is 88.7 Å². The van der Waals surface area contributed by atoms with Crippen molar-refractivity contribution in [2.75, 3.05) is 24.6 Å². The number of fused-ring (bicyclic) bond motifs is 1. The lowest BCUT2D eigenvalue weighted by Crippen LogP contribution is -2.32. The minimum Gasteiger partial charge on any atom is -0.394 e. The van der Waals surface area contributed by atoms with Crippen LogP contribution in [0.4, 0.5) is 5.69 Å². The van der Waals surface area contributed by atoms with Gasteiger partial charge in [0.25, 0.3) is 0 Å². The molecule has 2 aromatic heterocycles. The van der Waals surface area contributed by atoms with Crippen molar-refractivity contribution in [3.63, 3.8) is 0 Å². The van der Waals surface area contributed by atoms with E-state index in [1.165, 1.54) is 16.9 Å². The molecule has 0 saturated heterocycles. The molecule has 0 spiro atoms. The van der Waals surface area contributed by atoms with Gasteiger partial charge in [-0.05, 0) is 64.2 Å². The zero-order chi connectivity index (χ0) is 24.8. The predicted molar refractivity (Wildman–Crippen MR) is 138 cm³/mol. The molecule has 186 valence electrons. The molecule has 0 aliphatic carbocycles.